The summed E-state index contributed by atoms with van der Waals surface area (Å²) in [6.07, 6.45) is 2.76. The molecule has 1 aliphatic heterocycles. The van der Waals surface area contributed by atoms with Crippen LogP contribution in [0.1, 0.15) is 24.5 Å². The molecule has 0 saturated heterocycles. The van der Waals surface area contributed by atoms with Gasteiger partial charge in [0.15, 0.2) is 11.5 Å². The summed E-state index contributed by atoms with van der Waals surface area (Å²) in [6, 6.07) is 11.0. The van der Waals surface area contributed by atoms with Gasteiger partial charge in [-0.2, -0.15) is 0 Å². The van der Waals surface area contributed by atoms with Gasteiger partial charge in [0, 0.05) is 16.2 Å². The first-order valence-electron chi connectivity index (χ1n) is 7.76. The zero-order chi connectivity index (χ0) is 17.1. The molecule has 3 rings (SSSR count). The smallest absolute Gasteiger partial charge is 0.256 e. The lowest BCUT2D eigenvalue weighted by Gasteiger charge is -2.10. The normalized spacial score (nSPS) is 14.5. The number of ether oxygens (including phenoxy) is 2. The topological polar surface area (TPSA) is 47.6 Å². The van der Waals surface area contributed by atoms with Crippen molar-refractivity contribution in [3.8, 4) is 11.5 Å². The number of halogens is 1. The van der Waals surface area contributed by atoms with E-state index in [1.165, 1.54) is 0 Å². The molecule has 1 N–H and O–H groups in total. The third-order valence-electron chi connectivity index (χ3n) is 3.72. The summed E-state index contributed by atoms with van der Waals surface area (Å²) in [5.74, 6) is 1.20. The molecule has 0 bridgehead atoms. The second kappa shape index (κ2) is 6.97. The quantitative estimate of drug-likeness (QED) is 0.805. The average molecular weight is 344 g/mol. The second-order valence-electron chi connectivity index (χ2n) is 5.46. The molecule has 5 heteroatoms. The van der Waals surface area contributed by atoms with Crippen molar-refractivity contribution in [1.29, 1.82) is 0 Å². The highest BCUT2D eigenvalue weighted by Crippen LogP contribution is 2.36. The van der Waals surface area contributed by atoms with E-state index >= 15 is 0 Å². The van der Waals surface area contributed by atoms with E-state index in [-0.39, 0.29) is 5.91 Å². The van der Waals surface area contributed by atoms with Crippen LogP contribution in [0.4, 0.5) is 5.69 Å². The highest BCUT2D eigenvalue weighted by Gasteiger charge is 2.24. The summed E-state index contributed by atoms with van der Waals surface area (Å²) < 4.78 is 11.0. The van der Waals surface area contributed by atoms with Crippen molar-refractivity contribution in [2.75, 3.05) is 19.0 Å². The number of amides is 1. The van der Waals surface area contributed by atoms with Crippen LogP contribution in [-0.2, 0) is 4.79 Å². The zero-order valence-corrected chi connectivity index (χ0v) is 14.3. The number of fused-ring (bicyclic) bond motifs is 1. The Labute approximate surface area is 146 Å². The minimum Gasteiger partial charge on any atom is -0.493 e. The molecule has 0 atom stereocenters. The van der Waals surface area contributed by atoms with Crippen LogP contribution in [0.2, 0.25) is 5.02 Å². The third kappa shape index (κ3) is 3.24. The Bertz CT molecular complexity index is 814. The van der Waals surface area contributed by atoms with E-state index in [4.69, 9.17) is 21.1 Å². The highest BCUT2D eigenvalue weighted by molar-refractivity contribution is 6.36. The summed E-state index contributed by atoms with van der Waals surface area (Å²) in [5.41, 5.74) is 3.04. The maximum atomic E-state index is 12.2. The monoisotopic (exact) mass is 343 g/mol. The number of carbonyl (C=O) groups is 1. The van der Waals surface area contributed by atoms with Gasteiger partial charge in [-0.05, 0) is 42.3 Å². The van der Waals surface area contributed by atoms with Crippen LogP contribution in [0.5, 0.6) is 11.5 Å². The van der Waals surface area contributed by atoms with Crippen LogP contribution in [-0.4, -0.2) is 19.6 Å². The van der Waals surface area contributed by atoms with Gasteiger partial charge in [0.1, 0.15) is 0 Å². The van der Waals surface area contributed by atoms with Crippen LogP contribution in [0.3, 0.4) is 0 Å². The van der Waals surface area contributed by atoms with Gasteiger partial charge in [0.05, 0.1) is 19.4 Å². The van der Waals surface area contributed by atoms with Gasteiger partial charge in [-0.1, -0.05) is 30.7 Å². The fraction of sp³-hybridized carbons (Fsp3) is 0.211. The van der Waals surface area contributed by atoms with Crippen molar-refractivity contribution < 1.29 is 14.3 Å². The van der Waals surface area contributed by atoms with Crippen LogP contribution in [0.25, 0.3) is 11.6 Å². The van der Waals surface area contributed by atoms with Crippen molar-refractivity contribution in [1.82, 2.24) is 0 Å². The predicted octanol–water partition coefficient (Wildman–Crippen LogP) is 4.63. The van der Waals surface area contributed by atoms with E-state index in [0.29, 0.717) is 28.7 Å². The zero-order valence-electron chi connectivity index (χ0n) is 13.6. The van der Waals surface area contributed by atoms with Gasteiger partial charge in [-0.15, -0.1) is 0 Å². The first kappa shape index (κ1) is 16.4. The fourth-order valence-electron chi connectivity index (χ4n) is 2.58. The molecule has 1 amide bonds. The maximum absolute atomic E-state index is 12.2. The molecule has 0 unspecified atom stereocenters. The number of nitrogens with one attached hydrogen (secondary N) is 1. The van der Waals surface area contributed by atoms with E-state index in [1.54, 1.807) is 19.2 Å². The van der Waals surface area contributed by atoms with Crippen molar-refractivity contribution in [2.45, 2.75) is 13.3 Å². The second-order valence-corrected chi connectivity index (χ2v) is 5.90. The lowest BCUT2D eigenvalue weighted by atomic mass is 10.0. The largest absolute Gasteiger partial charge is 0.493 e. The number of carbonyl (C=O) groups excluding carboxylic acids is 1. The van der Waals surface area contributed by atoms with Crippen molar-refractivity contribution >= 4 is 34.8 Å². The number of rotatable bonds is 5. The van der Waals surface area contributed by atoms with Gasteiger partial charge in [-0.25, -0.2) is 0 Å². The average Bonchev–Trinajstić information content (AvgIpc) is 2.88. The molecular formula is C19H18ClNO3. The minimum atomic E-state index is -0.141. The fourth-order valence-corrected chi connectivity index (χ4v) is 2.75. The van der Waals surface area contributed by atoms with Gasteiger partial charge in [0.25, 0.3) is 5.91 Å². The summed E-state index contributed by atoms with van der Waals surface area (Å²) in [7, 11) is 1.60. The Hall–Kier alpha value is -2.46. The molecule has 2 aromatic carbocycles. The Morgan fingerprint density at radius 1 is 1.17 bits per heavy atom. The van der Waals surface area contributed by atoms with Crippen molar-refractivity contribution in [2.24, 2.45) is 0 Å². The first-order chi connectivity index (χ1) is 11.6. The Morgan fingerprint density at radius 3 is 2.75 bits per heavy atom. The van der Waals surface area contributed by atoms with Crippen LogP contribution < -0.4 is 14.8 Å². The summed E-state index contributed by atoms with van der Waals surface area (Å²) >= 11 is 5.98. The predicted molar refractivity (Wildman–Crippen MR) is 96.7 cm³/mol. The van der Waals surface area contributed by atoms with E-state index in [0.717, 1.165) is 23.2 Å². The molecule has 2 aromatic rings. The lowest BCUT2D eigenvalue weighted by molar-refractivity contribution is -0.110. The summed E-state index contributed by atoms with van der Waals surface area (Å²) in [4.78, 5) is 12.2. The molecule has 0 aromatic heterocycles. The molecule has 124 valence electrons. The molecule has 0 spiro atoms. The molecule has 1 aliphatic rings. The van der Waals surface area contributed by atoms with E-state index in [9.17, 15) is 4.79 Å². The van der Waals surface area contributed by atoms with Crippen LogP contribution in [0.15, 0.2) is 36.4 Å². The Kier molecular flexibility index (Phi) is 4.76. The molecule has 0 saturated carbocycles. The molecule has 24 heavy (non-hydrogen) atoms. The van der Waals surface area contributed by atoms with Gasteiger partial charge in [-0.3, -0.25) is 4.79 Å². The summed E-state index contributed by atoms with van der Waals surface area (Å²) in [5, 5.41) is 3.42. The number of anilines is 1. The van der Waals surface area contributed by atoms with Gasteiger partial charge in [0.2, 0.25) is 0 Å². The van der Waals surface area contributed by atoms with Crippen molar-refractivity contribution in [3.63, 3.8) is 0 Å². The van der Waals surface area contributed by atoms with E-state index in [2.05, 4.69) is 5.32 Å². The highest BCUT2D eigenvalue weighted by atomic mass is 35.5. The molecule has 1 heterocycles. The van der Waals surface area contributed by atoms with Crippen LogP contribution in [0, 0.1) is 0 Å². The third-order valence-corrected chi connectivity index (χ3v) is 3.96. The van der Waals surface area contributed by atoms with Crippen LogP contribution >= 0.6 is 11.6 Å². The standard InChI is InChI=1S/C19H18ClNO3/c1-3-8-24-17-7-4-12(10-18(17)23-2)9-15-14-6-5-13(20)11-16(14)21-19(15)22/h4-7,9-11H,3,8H2,1-2H3,(H,21,22). The summed E-state index contributed by atoms with van der Waals surface area (Å²) in [6.45, 7) is 2.68. The first-order valence-corrected chi connectivity index (χ1v) is 8.14. The number of methoxy groups -OCH3 is 1. The Balaban J connectivity index is 1.96. The number of hydrogen-bond donors (Lipinski definition) is 1. The lowest BCUT2D eigenvalue weighted by Crippen LogP contribution is -2.03. The molecule has 0 aliphatic carbocycles. The minimum absolute atomic E-state index is 0.141. The molecule has 4 nitrogen and oxygen atoms in total. The maximum Gasteiger partial charge on any atom is 0.256 e. The van der Waals surface area contributed by atoms with E-state index in [1.807, 2.05) is 37.3 Å². The van der Waals surface area contributed by atoms with Crippen molar-refractivity contribution in [3.05, 3.63) is 52.5 Å². The molecular weight excluding hydrogens is 326 g/mol. The van der Waals surface area contributed by atoms with Gasteiger partial charge >= 0.3 is 0 Å². The Morgan fingerprint density at radius 2 is 2.00 bits per heavy atom. The SMILES string of the molecule is CCCOc1ccc(C=C2C(=O)Nc3cc(Cl)ccc32)cc1OC. The molecule has 0 fully saturated rings. The van der Waals surface area contributed by atoms with E-state index < -0.39 is 0 Å². The van der Waals surface area contributed by atoms with Gasteiger partial charge < -0.3 is 14.8 Å². The number of hydrogen-bond acceptors (Lipinski definition) is 3. The molecule has 0 radical (unpaired) electrons. The number of benzene rings is 2.